The van der Waals surface area contributed by atoms with Crippen LogP contribution in [-0.4, -0.2) is 33.9 Å². The van der Waals surface area contributed by atoms with Gasteiger partial charge in [-0.1, -0.05) is 23.7 Å². The fraction of sp³-hybridized carbons (Fsp3) is 0.143. The molecule has 4 aromatic rings. The number of ether oxygens (including phenoxy) is 1. The van der Waals surface area contributed by atoms with Crippen molar-refractivity contribution < 1.29 is 28.6 Å². The van der Waals surface area contributed by atoms with Gasteiger partial charge in [-0.25, -0.2) is 4.79 Å². The number of furan rings is 1. The molecule has 5 rings (SSSR count). The average Bonchev–Trinajstić information content (AvgIpc) is 3.42. The third-order valence-corrected chi connectivity index (χ3v) is 6.09. The summed E-state index contributed by atoms with van der Waals surface area (Å²) in [6.45, 7) is 3.46. The summed E-state index contributed by atoms with van der Waals surface area (Å²) >= 11 is 6.06. The summed E-state index contributed by atoms with van der Waals surface area (Å²) in [5.74, 6) is -2.80. The van der Waals surface area contributed by atoms with E-state index in [1.165, 1.54) is 23.2 Å². The molecule has 0 aliphatic carbocycles. The van der Waals surface area contributed by atoms with Crippen LogP contribution in [0.15, 0.2) is 88.8 Å². The molecule has 1 N–H and O–H groups in total. The van der Waals surface area contributed by atoms with Crippen molar-refractivity contribution in [2.45, 2.75) is 26.0 Å². The minimum absolute atomic E-state index is 0.0587. The molecule has 2 aromatic heterocycles. The molecule has 0 saturated carbocycles. The maximum Gasteiger partial charge on any atom is 0.338 e. The monoisotopic (exact) mass is 516 g/mol. The molecule has 1 aliphatic rings. The largest absolute Gasteiger partial charge is 0.503 e. The van der Waals surface area contributed by atoms with Gasteiger partial charge in [0.2, 0.25) is 5.78 Å². The molecule has 0 fully saturated rings. The van der Waals surface area contributed by atoms with Crippen molar-refractivity contribution in [3.8, 4) is 0 Å². The predicted octanol–water partition coefficient (Wildman–Crippen LogP) is 5.83. The molecule has 0 bridgehead atoms. The molecule has 9 heteroatoms. The van der Waals surface area contributed by atoms with E-state index in [0.717, 1.165) is 0 Å². The van der Waals surface area contributed by atoms with Crippen molar-refractivity contribution in [1.29, 1.82) is 0 Å². The minimum atomic E-state index is -1.03. The first-order chi connectivity index (χ1) is 17.7. The first-order valence-corrected chi connectivity index (χ1v) is 11.8. The van der Waals surface area contributed by atoms with Gasteiger partial charge in [0.05, 0.1) is 23.3 Å². The lowest BCUT2D eigenvalue weighted by molar-refractivity contribution is -0.117. The van der Waals surface area contributed by atoms with Gasteiger partial charge >= 0.3 is 5.97 Å². The van der Waals surface area contributed by atoms with Gasteiger partial charge in [0.1, 0.15) is 5.58 Å². The molecule has 2 aromatic carbocycles. The molecule has 37 heavy (non-hydrogen) atoms. The van der Waals surface area contributed by atoms with Gasteiger partial charge in [0, 0.05) is 28.5 Å². The summed E-state index contributed by atoms with van der Waals surface area (Å²) in [4.78, 5) is 45.0. The zero-order valence-corrected chi connectivity index (χ0v) is 20.6. The van der Waals surface area contributed by atoms with E-state index in [0.29, 0.717) is 27.2 Å². The standard InChI is InChI=1S/C28H21ClN2O6/c1-15(2)36-28(35)16-5-3-7-20(12-16)31-24(17-6-4-10-30-14-17)23(26(33)27(31)34)25(32)22-13-18-11-19(29)8-9-21(18)37-22/h3-15,24,33H,1-2H3. The lowest BCUT2D eigenvalue weighted by Gasteiger charge is -2.26. The number of rotatable bonds is 6. The van der Waals surface area contributed by atoms with E-state index in [9.17, 15) is 19.5 Å². The molecule has 1 amide bonds. The van der Waals surface area contributed by atoms with E-state index in [1.54, 1.807) is 68.6 Å². The predicted molar refractivity (Wildman–Crippen MR) is 137 cm³/mol. The van der Waals surface area contributed by atoms with Crippen molar-refractivity contribution in [1.82, 2.24) is 4.98 Å². The molecular formula is C28H21ClN2O6. The Balaban J connectivity index is 1.61. The van der Waals surface area contributed by atoms with Crippen molar-refractivity contribution in [2.24, 2.45) is 0 Å². The van der Waals surface area contributed by atoms with Crippen LogP contribution in [0.25, 0.3) is 11.0 Å². The Labute approximate surface area is 216 Å². The van der Waals surface area contributed by atoms with Gasteiger partial charge in [0.15, 0.2) is 11.5 Å². The number of benzene rings is 2. The molecule has 8 nitrogen and oxygen atoms in total. The van der Waals surface area contributed by atoms with Crippen LogP contribution < -0.4 is 4.90 Å². The lowest BCUT2D eigenvalue weighted by atomic mass is 9.95. The first-order valence-electron chi connectivity index (χ1n) is 11.5. The molecule has 0 saturated heterocycles. The molecular weight excluding hydrogens is 496 g/mol. The highest BCUT2D eigenvalue weighted by atomic mass is 35.5. The Morgan fingerprint density at radius 3 is 2.65 bits per heavy atom. The summed E-state index contributed by atoms with van der Waals surface area (Å²) in [5, 5.41) is 12.0. The van der Waals surface area contributed by atoms with E-state index < -0.39 is 29.5 Å². The molecule has 1 unspecified atom stereocenters. The topological polar surface area (TPSA) is 110 Å². The number of aliphatic hydroxyl groups is 1. The Morgan fingerprint density at radius 1 is 1.11 bits per heavy atom. The quantitative estimate of drug-likeness (QED) is 0.253. The Hall–Kier alpha value is -4.43. The van der Waals surface area contributed by atoms with Crippen LogP contribution in [0, 0.1) is 0 Å². The number of nitrogens with zero attached hydrogens (tertiary/aromatic N) is 2. The number of carbonyl (C=O) groups excluding carboxylic acids is 3. The number of aliphatic hydroxyl groups excluding tert-OH is 1. The number of halogens is 1. The number of pyridine rings is 1. The summed E-state index contributed by atoms with van der Waals surface area (Å²) in [5.41, 5.74) is 1.26. The third-order valence-electron chi connectivity index (χ3n) is 5.86. The number of hydrogen-bond donors (Lipinski definition) is 1. The SMILES string of the molecule is CC(C)OC(=O)c1cccc(N2C(=O)C(O)=C(C(=O)c3cc4cc(Cl)ccc4o3)C2c2cccnc2)c1. The van der Waals surface area contributed by atoms with Gasteiger partial charge in [-0.2, -0.15) is 0 Å². The van der Waals surface area contributed by atoms with Gasteiger partial charge in [-0.3, -0.25) is 19.5 Å². The highest BCUT2D eigenvalue weighted by Gasteiger charge is 2.45. The van der Waals surface area contributed by atoms with E-state index in [2.05, 4.69) is 4.98 Å². The fourth-order valence-electron chi connectivity index (χ4n) is 4.28. The zero-order chi connectivity index (χ0) is 26.3. The molecule has 1 atom stereocenters. The van der Waals surface area contributed by atoms with Gasteiger partial charge in [0.25, 0.3) is 5.91 Å². The highest BCUT2D eigenvalue weighted by molar-refractivity contribution is 6.31. The molecule has 1 aliphatic heterocycles. The number of Topliss-reactive ketones (excluding diaryl/α,β-unsaturated/α-hetero) is 1. The van der Waals surface area contributed by atoms with E-state index in [-0.39, 0.29) is 23.0 Å². The van der Waals surface area contributed by atoms with Crippen LogP contribution >= 0.6 is 11.6 Å². The second kappa shape index (κ2) is 9.55. The third kappa shape index (κ3) is 4.47. The number of ketones is 1. The normalized spacial score (nSPS) is 15.6. The molecule has 0 radical (unpaired) electrons. The van der Waals surface area contributed by atoms with Crippen molar-refractivity contribution in [2.75, 3.05) is 4.90 Å². The van der Waals surface area contributed by atoms with Crippen LogP contribution in [0.4, 0.5) is 5.69 Å². The van der Waals surface area contributed by atoms with Crippen LogP contribution in [0.5, 0.6) is 0 Å². The number of carbonyl (C=O) groups is 3. The van der Waals surface area contributed by atoms with Gasteiger partial charge in [-0.05, 0) is 67.9 Å². The number of esters is 1. The fourth-order valence-corrected chi connectivity index (χ4v) is 4.46. The highest BCUT2D eigenvalue weighted by Crippen LogP contribution is 2.42. The smallest absolute Gasteiger partial charge is 0.338 e. The summed E-state index contributed by atoms with van der Waals surface area (Å²) in [6, 6.07) is 15.0. The Kier molecular flexibility index (Phi) is 6.27. The van der Waals surface area contributed by atoms with E-state index >= 15 is 0 Å². The van der Waals surface area contributed by atoms with Crippen LogP contribution in [0.2, 0.25) is 5.02 Å². The molecule has 3 heterocycles. The number of anilines is 1. The number of amides is 1. The summed E-state index contributed by atoms with van der Waals surface area (Å²) in [6.07, 6.45) is 2.73. The second-order valence-electron chi connectivity index (χ2n) is 8.75. The van der Waals surface area contributed by atoms with E-state index in [1.807, 2.05) is 0 Å². The maximum atomic E-state index is 13.7. The van der Waals surface area contributed by atoms with Crippen molar-refractivity contribution in [3.63, 3.8) is 0 Å². The molecule has 186 valence electrons. The average molecular weight is 517 g/mol. The first kappa shape index (κ1) is 24.3. The second-order valence-corrected chi connectivity index (χ2v) is 9.19. The zero-order valence-electron chi connectivity index (χ0n) is 19.8. The van der Waals surface area contributed by atoms with Crippen molar-refractivity contribution >= 4 is 45.9 Å². The van der Waals surface area contributed by atoms with Crippen LogP contribution in [0.1, 0.15) is 46.4 Å². The Morgan fingerprint density at radius 2 is 1.92 bits per heavy atom. The number of fused-ring (bicyclic) bond motifs is 1. The van der Waals surface area contributed by atoms with Gasteiger partial charge in [-0.15, -0.1) is 0 Å². The Bertz CT molecular complexity index is 1570. The van der Waals surface area contributed by atoms with Crippen molar-refractivity contribution in [3.05, 3.63) is 106 Å². The lowest BCUT2D eigenvalue weighted by Crippen LogP contribution is -2.31. The van der Waals surface area contributed by atoms with Crippen LogP contribution in [0.3, 0.4) is 0 Å². The number of aromatic nitrogens is 1. The maximum absolute atomic E-state index is 13.7. The molecule has 0 spiro atoms. The summed E-state index contributed by atoms with van der Waals surface area (Å²) < 4.78 is 11.0. The number of hydrogen-bond acceptors (Lipinski definition) is 7. The minimum Gasteiger partial charge on any atom is -0.503 e. The summed E-state index contributed by atoms with van der Waals surface area (Å²) in [7, 11) is 0. The van der Waals surface area contributed by atoms with Crippen LogP contribution in [-0.2, 0) is 9.53 Å². The van der Waals surface area contributed by atoms with Gasteiger partial charge < -0.3 is 14.3 Å². The van der Waals surface area contributed by atoms with E-state index in [4.69, 9.17) is 20.8 Å².